The molecule has 0 aliphatic rings. The number of hydrogen-bond donors (Lipinski definition) is 2. The number of amides is 1. The fourth-order valence-corrected chi connectivity index (χ4v) is 9.63. The second kappa shape index (κ2) is 61.9. The summed E-state index contributed by atoms with van der Waals surface area (Å²) in [5.41, 5.74) is 0. The fraction of sp³-hybridized carbons (Fsp3) is 0.658. The number of nitrogens with zero attached hydrogens (tertiary/aromatic N) is 1. The van der Waals surface area contributed by atoms with E-state index in [2.05, 4.69) is 153 Å². The zero-order valence-corrected chi connectivity index (χ0v) is 54.3. The second-order valence-corrected chi connectivity index (χ2v) is 24.5. The Balaban J connectivity index is 4.31. The SMILES string of the molecule is CC/C=C\C/C=C\C/C=C\C/C=C\C/C=C\C/C=C\C/C=C\C/C=C\C/C=C\C/C=C\CCCCC(=O)NC(COP(=O)([O-])OCC[N+](C)(C)C)C(O)/C=C/CC/C=C/CCCCCCCCCCCCCCCCCCCCCCC. The van der Waals surface area contributed by atoms with Crippen molar-refractivity contribution in [3.05, 3.63) is 146 Å². The number of phosphoric acid groups is 1. The summed E-state index contributed by atoms with van der Waals surface area (Å²) in [7, 11) is 1.20. The summed E-state index contributed by atoms with van der Waals surface area (Å²) in [5, 5.41) is 13.9. The molecule has 2 N–H and O–H groups in total. The highest BCUT2D eigenvalue weighted by atomic mass is 31.2. The van der Waals surface area contributed by atoms with Gasteiger partial charge < -0.3 is 28.8 Å². The average molecular weight is 1160 g/mol. The minimum atomic E-state index is -4.63. The minimum absolute atomic E-state index is 0.0231. The van der Waals surface area contributed by atoms with Crippen molar-refractivity contribution in [3.63, 3.8) is 0 Å². The molecule has 3 atom stereocenters. The van der Waals surface area contributed by atoms with Crippen LogP contribution in [0.25, 0.3) is 0 Å². The maximum atomic E-state index is 13.0. The van der Waals surface area contributed by atoms with E-state index in [0.29, 0.717) is 17.4 Å². The summed E-state index contributed by atoms with van der Waals surface area (Å²) in [4.78, 5) is 25.6. The molecule has 3 unspecified atom stereocenters. The molecule has 0 saturated heterocycles. The predicted octanol–water partition coefficient (Wildman–Crippen LogP) is 20.6. The topological polar surface area (TPSA) is 108 Å². The Kier molecular flexibility index (Phi) is 59.2. The van der Waals surface area contributed by atoms with E-state index in [0.717, 1.165) is 96.3 Å². The molecule has 468 valence electrons. The molecule has 82 heavy (non-hydrogen) atoms. The van der Waals surface area contributed by atoms with E-state index in [1.165, 1.54) is 135 Å². The predicted molar refractivity (Wildman–Crippen MR) is 357 cm³/mol. The zero-order chi connectivity index (χ0) is 59.8. The lowest BCUT2D eigenvalue weighted by molar-refractivity contribution is -0.870. The maximum Gasteiger partial charge on any atom is 0.268 e. The lowest BCUT2D eigenvalue weighted by atomic mass is 10.0. The maximum absolute atomic E-state index is 13.0. The highest BCUT2D eigenvalue weighted by Crippen LogP contribution is 2.38. The summed E-state index contributed by atoms with van der Waals surface area (Å²) in [6.45, 7) is 4.48. The third kappa shape index (κ3) is 64.0. The largest absolute Gasteiger partial charge is 0.756 e. The van der Waals surface area contributed by atoms with Crippen LogP contribution in [0, 0.1) is 0 Å². The van der Waals surface area contributed by atoms with Crippen molar-refractivity contribution in [1.29, 1.82) is 0 Å². The number of allylic oxidation sites excluding steroid dienone is 23. The first-order valence-corrected chi connectivity index (χ1v) is 34.7. The molecule has 9 heteroatoms. The van der Waals surface area contributed by atoms with Gasteiger partial charge in [-0.25, -0.2) is 0 Å². The van der Waals surface area contributed by atoms with E-state index in [1.54, 1.807) is 6.08 Å². The molecule has 8 nitrogen and oxygen atoms in total. The van der Waals surface area contributed by atoms with Crippen molar-refractivity contribution in [2.45, 2.75) is 270 Å². The number of phosphoric ester groups is 1. The lowest BCUT2D eigenvalue weighted by Gasteiger charge is -2.29. The molecule has 0 bridgehead atoms. The fourth-order valence-electron chi connectivity index (χ4n) is 8.90. The minimum Gasteiger partial charge on any atom is -0.756 e. The number of rotatable bonds is 59. The Labute approximate surface area is 506 Å². The van der Waals surface area contributed by atoms with Crippen LogP contribution < -0.4 is 10.2 Å². The summed E-state index contributed by atoms with van der Waals surface area (Å²) < 4.78 is 23.4. The van der Waals surface area contributed by atoms with E-state index in [-0.39, 0.29) is 18.9 Å². The number of carbonyl (C=O) groups is 1. The molecule has 1 amide bonds. The van der Waals surface area contributed by atoms with Crippen LogP contribution in [0.2, 0.25) is 0 Å². The molecule has 0 radical (unpaired) electrons. The van der Waals surface area contributed by atoms with Crippen LogP contribution in [0.5, 0.6) is 0 Å². The van der Waals surface area contributed by atoms with E-state index in [9.17, 15) is 19.4 Å². The molecule has 0 aliphatic heterocycles. The van der Waals surface area contributed by atoms with Gasteiger partial charge in [-0.2, -0.15) is 0 Å². The van der Waals surface area contributed by atoms with Crippen molar-refractivity contribution in [2.75, 3.05) is 40.9 Å². The molecule has 0 saturated carbocycles. The van der Waals surface area contributed by atoms with Crippen LogP contribution in [0.3, 0.4) is 0 Å². The van der Waals surface area contributed by atoms with Gasteiger partial charge in [0.25, 0.3) is 7.82 Å². The van der Waals surface area contributed by atoms with Gasteiger partial charge >= 0.3 is 0 Å². The Hall–Kier alpha value is -3.62. The van der Waals surface area contributed by atoms with Crippen LogP contribution in [-0.4, -0.2) is 68.5 Å². The monoisotopic (exact) mass is 1160 g/mol. The Morgan fingerprint density at radius 2 is 0.756 bits per heavy atom. The third-order valence-corrected chi connectivity index (χ3v) is 15.0. The molecular weight excluding hydrogens is 1030 g/mol. The van der Waals surface area contributed by atoms with E-state index < -0.39 is 26.6 Å². The first-order valence-electron chi connectivity index (χ1n) is 33.2. The number of likely N-dealkylation sites (N-methyl/N-ethyl adjacent to an activating group) is 1. The number of carbonyl (C=O) groups excluding carboxylic acids is 1. The molecule has 0 aromatic carbocycles. The lowest BCUT2D eigenvalue weighted by Crippen LogP contribution is -2.45. The number of hydrogen-bond acceptors (Lipinski definition) is 6. The number of quaternary nitrogens is 1. The van der Waals surface area contributed by atoms with Crippen molar-refractivity contribution in [3.8, 4) is 0 Å². The highest BCUT2D eigenvalue weighted by Gasteiger charge is 2.23. The summed E-state index contributed by atoms with van der Waals surface area (Å²) in [6.07, 6.45) is 95.3. The Bertz CT molecular complexity index is 1840. The zero-order valence-electron chi connectivity index (χ0n) is 53.4. The first kappa shape index (κ1) is 78.4. The summed E-state index contributed by atoms with van der Waals surface area (Å²) >= 11 is 0. The molecular formula is C73H125N2O6P. The van der Waals surface area contributed by atoms with Crippen molar-refractivity contribution in [2.24, 2.45) is 0 Å². The van der Waals surface area contributed by atoms with Crippen LogP contribution in [-0.2, 0) is 18.4 Å². The Morgan fingerprint density at radius 1 is 0.439 bits per heavy atom. The van der Waals surface area contributed by atoms with Gasteiger partial charge in [-0.05, 0) is 109 Å². The van der Waals surface area contributed by atoms with Crippen LogP contribution in [0.15, 0.2) is 146 Å². The van der Waals surface area contributed by atoms with Crippen LogP contribution >= 0.6 is 7.82 Å². The second-order valence-electron chi connectivity index (χ2n) is 23.1. The van der Waals surface area contributed by atoms with Crippen molar-refractivity contribution >= 4 is 13.7 Å². The first-order chi connectivity index (χ1) is 40.0. The molecule has 0 spiro atoms. The normalized spacial score (nSPS) is 14.7. The van der Waals surface area contributed by atoms with Gasteiger partial charge in [-0.3, -0.25) is 9.36 Å². The molecule has 0 aromatic rings. The van der Waals surface area contributed by atoms with Gasteiger partial charge in [0.1, 0.15) is 13.2 Å². The van der Waals surface area contributed by atoms with Gasteiger partial charge in [0, 0.05) is 6.42 Å². The smallest absolute Gasteiger partial charge is 0.268 e. The average Bonchev–Trinajstić information content (AvgIpc) is 3.47. The molecule has 0 rings (SSSR count). The standard InChI is InChI=1S/C73H125N2O6P/c1-6-8-10-12-14-16-18-20-22-24-26-28-30-32-34-35-36-37-38-39-41-43-45-47-49-51-53-55-57-59-61-63-65-67-73(77)74-71(70-81-82(78,79)80-69-68-75(3,4)5)72(76)66-64-62-60-58-56-54-52-50-48-46-44-42-40-33-31-29-27-25-23-21-19-17-15-13-11-9-7-2/h8,10,14,16,20,22,26,28,32,34,36-37,39,41,45,47,51,53,56-59,64,66,71-72,76H,6-7,9,11-13,15,17-19,21,23-25,27,29-31,33,35,38,40,42-44,46,48-50,52,54-55,60-63,65,67-70H2,1-5H3,(H-,74,77,78,79)/b10-8-,16-14-,22-20-,28-26-,34-32-,37-36-,41-39-,47-45-,53-51-,58-56+,59-57-,66-64+. The number of aliphatic hydroxyl groups is 1. The third-order valence-electron chi connectivity index (χ3n) is 14.0. The van der Waals surface area contributed by atoms with Gasteiger partial charge in [0.2, 0.25) is 5.91 Å². The molecule has 0 fully saturated rings. The summed E-state index contributed by atoms with van der Waals surface area (Å²) in [6, 6.07) is -0.940. The highest BCUT2D eigenvalue weighted by molar-refractivity contribution is 7.45. The van der Waals surface area contributed by atoms with Crippen LogP contribution in [0.1, 0.15) is 258 Å². The summed E-state index contributed by atoms with van der Waals surface area (Å²) in [5.74, 6) is -0.253. The van der Waals surface area contributed by atoms with Gasteiger partial charge in [0.15, 0.2) is 0 Å². The molecule has 0 aromatic heterocycles. The van der Waals surface area contributed by atoms with Gasteiger partial charge in [0.05, 0.1) is 39.9 Å². The van der Waals surface area contributed by atoms with Gasteiger partial charge in [-0.15, -0.1) is 0 Å². The van der Waals surface area contributed by atoms with E-state index in [4.69, 9.17) is 9.05 Å². The van der Waals surface area contributed by atoms with Crippen LogP contribution in [0.4, 0.5) is 0 Å². The van der Waals surface area contributed by atoms with E-state index >= 15 is 0 Å². The number of aliphatic hydroxyl groups excluding tert-OH is 1. The van der Waals surface area contributed by atoms with Crippen molar-refractivity contribution < 1.29 is 32.9 Å². The molecule has 0 heterocycles. The van der Waals surface area contributed by atoms with E-state index in [1.807, 2.05) is 27.2 Å². The Morgan fingerprint density at radius 3 is 1.13 bits per heavy atom. The quantitative estimate of drug-likeness (QED) is 0.0272. The number of nitrogens with one attached hydrogen (secondary N) is 1. The number of unbranched alkanes of at least 4 members (excludes halogenated alkanes) is 24. The molecule has 0 aliphatic carbocycles. The van der Waals surface area contributed by atoms with Gasteiger partial charge in [-0.1, -0.05) is 288 Å². The van der Waals surface area contributed by atoms with Crippen molar-refractivity contribution in [1.82, 2.24) is 5.32 Å².